The molecule has 0 saturated carbocycles. The molecule has 0 heterocycles. The average Bonchev–Trinajstić information content (AvgIpc) is 1.27. The van der Waals surface area contributed by atoms with Gasteiger partial charge in [-0.05, 0) is 0 Å². The van der Waals surface area contributed by atoms with Gasteiger partial charge in [0.2, 0.25) is 0 Å². The van der Waals surface area contributed by atoms with Crippen LogP contribution >= 0.6 is 0 Å². The van der Waals surface area contributed by atoms with Crippen LogP contribution in [0.2, 0.25) is 0 Å². The van der Waals surface area contributed by atoms with Crippen LogP contribution in [-0.4, -0.2) is 28.0 Å². The van der Waals surface area contributed by atoms with Crippen LogP contribution in [0.3, 0.4) is 0 Å². The topological polar surface area (TPSA) is 115 Å². The SMILES string of the molecule is O.O=C(O)OC(=O)O. The van der Waals surface area contributed by atoms with Crippen molar-refractivity contribution >= 4 is 12.3 Å². The normalized spacial score (nSPS) is 6.50. The predicted octanol–water partition coefficient (Wildman–Crippen LogP) is -0.466. The highest BCUT2D eigenvalue weighted by molar-refractivity contribution is 5.74. The summed E-state index contributed by atoms with van der Waals surface area (Å²) in [5, 5.41) is 15.0. The second-order valence-electron chi connectivity index (χ2n) is 0.634. The van der Waals surface area contributed by atoms with E-state index in [1.54, 1.807) is 0 Å². The zero-order chi connectivity index (χ0) is 5.86. The van der Waals surface area contributed by atoms with E-state index >= 15 is 0 Å². The van der Waals surface area contributed by atoms with Crippen LogP contribution in [-0.2, 0) is 4.74 Å². The minimum Gasteiger partial charge on any atom is -0.449 e. The molecule has 0 aliphatic rings. The Bertz CT molecular complexity index is 82.7. The molecule has 48 valence electrons. The first kappa shape index (κ1) is 9.85. The fourth-order valence-electron chi connectivity index (χ4n) is 0.0747. The summed E-state index contributed by atoms with van der Waals surface area (Å²) in [6, 6.07) is 0. The Hall–Kier alpha value is -1.30. The maximum Gasteiger partial charge on any atom is 0.516 e. The van der Waals surface area contributed by atoms with Gasteiger partial charge in [0, 0.05) is 0 Å². The lowest BCUT2D eigenvalue weighted by Gasteiger charge is -1.84. The van der Waals surface area contributed by atoms with Crippen LogP contribution in [0.5, 0.6) is 0 Å². The van der Waals surface area contributed by atoms with Crippen molar-refractivity contribution in [2.45, 2.75) is 0 Å². The minimum absolute atomic E-state index is 0. The first-order valence-corrected chi connectivity index (χ1v) is 1.26. The van der Waals surface area contributed by atoms with Crippen molar-refractivity contribution in [1.82, 2.24) is 0 Å². The Kier molecular flexibility index (Phi) is 4.77. The highest BCUT2D eigenvalue weighted by Gasteiger charge is 2.01. The van der Waals surface area contributed by atoms with E-state index in [1.165, 1.54) is 0 Å². The summed E-state index contributed by atoms with van der Waals surface area (Å²) in [6.45, 7) is 0. The van der Waals surface area contributed by atoms with Crippen LogP contribution in [0.1, 0.15) is 0 Å². The van der Waals surface area contributed by atoms with Gasteiger partial charge >= 0.3 is 12.3 Å². The Morgan fingerprint density at radius 1 is 1.12 bits per heavy atom. The van der Waals surface area contributed by atoms with Gasteiger partial charge in [0.1, 0.15) is 0 Å². The molecular weight excluding hydrogens is 120 g/mol. The molecule has 0 fully saturated rings. The van der Waals surface area contributed by atoms with Gasteiger partial charge in [-0.25, -0.2) is 9.59 Å². The Labute approximate surface area is 43.6 Å². The van der Waals surface area contributed by atoms with E-state index in [-0.39, 0.29) is 5.48 Å². The Morgan fingerprint density at radius 3 is 1.38 bits per heavy atom. The molecule has 0 bridgehead atoms. The number of ether oxygens (including phenoxy) is 1. The molecule has 6 heteroatoms. The van der Waals surface area contributed by atoms with Crippen molar-refractivity contribution in [1.29, 1.82) is 0 Å². The maximum atomic E-state index is 9.21. The van der Waals surface area contributed by atoms with E-state index in [4.69, 9.17) is 10.2 Å². The molecular formula is C2H4O6. The van der Waals surface area contributed by atoms with Crippen LogP contribution in [0.4, 0.5) is 9.59 Å². The van der Waals surface area contributed by atoms with Crippen molar-refractivity contribution in [3.63, 3.8) is 0 Å². The molecule has 0 spiro atoms. The first-order valence-electron chi connectivity index (χ1n) is 1.26. The van der Waals surface area contributed by atoms with Gasteiger partial charge in [0.05, 0.1) is 0 Å². The second kappa shape index (κ2) is 3.88. The van der Waals surface area contributed by atoms with Gasteiger partial charge in [0.15, 0.2) is 0 Å². The highest BCUT2D eigenvalue weighted by atomic mass is 16.7. The molecule has 6 nitrogen and oxygen atoms in total. The van der Waals surface area contributed by atoms with E-state index in [0.717, 1.165) is 0 Å². The number of hydrogen-bond acceptors (Lipinski definition) is 3. The van der Waals surface area contributed by atoms with E-state index in [0.29, 0.717) is 0 Å². The van der Waals surface area contributed by atoms with Crippen molar-refractivity contribution in [3.8, 4) is 0 Å². The number of hydrogen-bond donors (Lipinski definition) is 2. The monoisotopic (exact) mass is 124 g/mol. The van der Waals surface area contributed by atoms with Gasteiger partial charge in [-0.15, -0.1) is 0 Å². The summed E-state index contributed by atoms with van der Waals surface area (Å²) in [6.07, 6.45) is -3.62. The van der Waals surface area contributed by atoms with Crippen molar-refractivity contribution in [2.24, 2.45) is 0 Å². The molecule has 0 unspecified atom stereocenters. The molecule has 0 saturated heterocycles. The fourth-order valence-corrected chi connectivity index (χ4v) is 0.0747. The third-order valence-electron chi connectivity index (χ3n) is 0.175. The molecule has 0 radical (unpaired) electrons. The molecule has 0 aromatic heterocycles. The Morgan fingerprint density at radius 2 is 1.38 bits per heavy atom. The third kappa shape index (κ3) is 8.83. The average molecular weight is 124 g/mol. The third-order valence-corrected chi connectivity index (χ3v) is 0.175. The molecule has 0 aliphatic heterocycles. The summed E-state index contributed by atoms with van der Waals surface area (Å²) >= 11 is 0. The summed E-state index contributed by atoms with van der Waals surface area (Å²) in [5.41, 5.74) is 0. The van der Waals surface area contributed by atoms with Crippen LogP contribution in [0, 0.1) is 0 Å². The van der Waals surface area contributed by atoms with Crippen molar-refractivity contribution < 1.29 is 30.0 Å². The standard InChI is InChI=1S/C2H2O5.H2O/c3-1(4)7-2(5)6;/h(H,3,4)(H,5,6);1H2. The van der Waals surface area contributed by atoms with E-state index in [2.05, 4.69) is 4.74 Å². The van der Waals surface area contributed by atoms with E-state index < -0.39 is 12.3 Å². The van der Waals surface area contributed by atoms with E-state index in [1.807, 2.05) is 0 Å². The molecule has 8 heavy (non-hydrogen) atoms. The zero-order valence-corrected chi connectivity index (χ0v) is 3.62. The number of carboxylic acid groups (broad SMARTS) is 2. The van der Waals surface area contributed by atoms with Crippen LogP contribution in [0.15, 0.2) is 0 Å². The molecule has 0 aromatic rings. The smallest absolute Gasteiger partial charge is 0.449 e. The molecule has 0 amide bonds. The lowest BCUT2D eigenvalue weighted by Crippen LogP contribution is -2.05. The summed E-state index contributed by atoms with van der Waals surface area (Å²) in [4.78, 5) is 18.4. The maximum absolute atomic E-state index is 9.21. The summed E-state index contributed by atoms with van der Waals surface area (Å²) in [7, 11) is 0. The predicted molar refractivity (Wildman–Crippen MR) is 20.7 cm³/mol. The number of carbonyl (C=O) groups is 2. The fraction of sp³-hybridized carbons (Fsp3) is 0. The highest BCUT2D eigenvalue weighted by Crippen LogP contribution is 1.73. The van der Waals surface area contributed by atoms with Crippen LogP contribution < -0.4 is 0 Å². The molecule has 0 rings (SSSR count). The first-order chi connectivity index (χ1) is 3.13. The lowest BCUT2D eigenvalue weighted by atomic mass is 11.3. The molecule has 0 atom stereocenters. The number of rotatable bonds is 0. The molecule has 0 aliphatic carbocycles. The van der Waals surface area contributed by atoms with Crippen LogP contribution in [0.25, 0.3) is 0 Å². The zero-order valence-electron chi connectivity index (χ0n) is 3.62. The van der Waals surface area contributed by atoms with E-state index in [9.17, 15) is 9.59 Å². The largest absolute Gasteiger partial charge is 0.516 e. The molecule has 4 N–H and O–H groups in total. The van der Waals surface area contributed by atoms with Gasteiger partial charge in [0.25, 0.3) is 0 Å². The minimum atomic E-state index is -1.81. The van der Waals surface area contributed by atoms with Gasteiger partial charge in [-0.3, -0.25) is 0 Å². The quantitative estimate of drug-likeness (QED) is 0.334. The lowest BCUT2D eigenvalue weighted by molar-refractivity contribution is 0.0802. The van der Waals surface area contributed by atoms with Gasteiger partial charge in [-0.1, -0.05) is 0 Å². The second-order valence-corrected chi connectivity index (χ2v) is 0.634. The molecule has 0 aromatic carbocycles. The Balaban J connectivity index is 0. The van der Waals surface area contributed by atoms with Crippen molar-refractivity contribution in [3.05, 3.63) is 0 Å². The summed E-state index contributed by atoms with van der Waals surface area (Å²) in [5.74, 6) is 0. The van der Waals surface area contributed by atoms with Gasteiger partial charge < -0.3 is 20.4 Å². The summed E-state index contributed by atoms with van der Waals surface area (Å²) < 4.78 is 3.08. The van der Waals surface area contributed by atoms with Crippen molar-refractivity contribution in [2.75, 3.05) is 0 Å². The van der Waals surface area contributed by atoms with Gasteiger partial charge in [-0.2, -0.15) is 0 Å².